The Hall–Kier alpha value is -3.20. The minimum absolute atomic E-state index is 0.00781. The van der Waals surface area contributed by atoms with E-state index in [1.807, 2.05) is 0 Å². The molecule has 0 nitrogen and oxygen atoms in total. The van der Waals surface area contributed by atoms with Crippen LogP contribution in [0.4, 0.5) is 0 Å². The van der Waals surface area contributed by atoms with E-state index in [4.69, 9.17) is 0 Å². The van der Waals surface area contributed by atoms with E-state index >= 15 is 0 Å². The first-order chi connectivity index (χ1) is 34.7. The van der Waals surface area contributed by atoms with Crippen LogP contribution in [0.5, 0.6) is 0 Å². The zero-order valence-electron chi connectivity index (χ0n) is 45.1. The molecule has 0 radical (unpaired) electrons. The van der Waals surface area contributed by atoms with Crippen molar-refractivity contribution in [2.24, 2.45) is 0 Å². The van der Waals surface area contributed by atoms with Gasteiger partial charge in [-0.3, -0.25) is 0 Å². The van der Waals surface area contributed by atoms with Crippen molar-refractivity contribution in [3.8, 4) is 33.4 Å². The van der Waals surface area contributed by atoms with E-state index in [0.29, 0.717) is 0 Å². The van der Waals surface area contributed by atoms with Gasteiger partial charge in [0.05, 0.1) is 0 Å². The van der Waals surface area contributed by atoms with Gasteiger partial charge in [0.25, 0.3) is 0 Å². The molecular weight excluding hydrogens is 989 g/mol. The SMILES string of the molecule is CCCCCCCCC1(CCCCCCCC)c2cc3c(cc2-c2c1cc(Br)c1ccccc21)C(C)(C)c1cc2c(cc1-3)C(CCCCCCCC)(CCCCCCCC)c1cc(Br)c3ccccc3c1-2. The molecule has 0 aromatic heterocycles. The van der Waals surface area contributed by atoms with Crippen molar-refractivity contribution < 1.29 is 0 Å². The lowest BCUT2D eigenvalue weighted by atomic mass is 9.69. The molecule has 0 spiro atoms. The van der Waals surface area contributed by atoms with E-state index in [9.17, 15) is 0 Å². The summed E-state index contributed by atoms with van der Waals surface area (Å²) in [5.41, 5.74) is 18.5. The summed E-state index contributed by atoms with van der Waals surface area (Å²) in [6.45, 7) is 14.5. The molecule has 6 aromatic rings. The van der Waals surface area contributed by atoms with E-state index in [2.05, 4.69) is 158 Å². The summed E-state index contributed by atoms with van der Waals surface area (Å²) in [5.74, 6) is 0. The molecule has 2 heteroatoms. The molecule has 6 aromatic carbocycles. The zero-order valence-corrected chi connectivity index (χ0v) is 48.3. The number of benzene rings is 6. The van der Waals surface area contributed by atoms with E-state index in [0.717, 1.165) is 0 Å². The molecule has 0 heterocycles. The summed E-state index contributed by atoms with van der Waals surface area (Å²) in [4.78, 5) is 0. The maximum atomic E-state index is 4.20. The lowest BCUT2D eigenvalue weighted by Crippen LogP contribution is -2.26. The van der Waals surface area contributed by atoms with Gasteiger partial charge in [-0.15, -0.1) is 0 Å². The lowest BCUT2D eigenvalue weighted by Gasteiger charge is -2.34. The van der Waals surface area contributed by atoms with E-state index in [1.165, 1.54) is 255 Å². The standard InChI is InChI=1S/C69H88Br2/c1-7-11-15-19-23-31-39-68(40-32-24-20-16-12-8-2)59-43-53-54-44-60-56(46-58(54)67(5,6)57(53)45-55(59)65-51-37-29-27-35-49(51)63(70)47-61(65)68)66-52-38-30-28-36-50(52)64(71)48-62(66)69(60,41-33-25-21-17-13-9-3)42-34-26-22-18-14-10-4/h27-30,35-38,43-48H,7-26,31-34,39-42H2,1-6H3. The van der Waals surface area contributed by atoms with Gasteiger partial charge >= 0.3 is 0 Å². The molecule has 378 valence electrons. The molecule has 9 rings (SSSR count). The third-order valence-electron chi connectivity index (χ3n) is 18.4. The second kappa shape index (κ2) is 23.6. The van der Waals surface area contributed by atoms with Crippen LogP contribution in [0, 0.1) is 0 Å². The fraction of sp³-hybridized carbons (Fsp3) is 0.536. The summed E-state index contributed by atoms with van der Waals surface area (Å²) in [6, 6.07) is 34.9. The maximum Gasteiger partial charge on any atom is 0.0257 e. The maximum absolute atomic E-state index is 4.20. The quantitative estimate of drug-likeness (QED) is 0.0430. The topological polar surface area (TPSA) is 0 Å². The van der Waals surface area contributed by atoms with Crippen LogP contribution in [0.2, 0.25) is 0 Å². The molecule has 0 fully saturated rings. The minimum atomic E-state index is -0.140. The van der Waals surface area contributed by atoms with Gasteiger partial charge in [-0.25, -0.2) is 0 Å². The summed E-state index contributed by atoms with van der Waals surface area (Å²) in [6.07, 6.45) is 36.9. The van der Waals surface area contributed by atoms with E-state index in [-0.39, 0.29) is 16.2 Å². The molecule has 0 bridgehead atoms. The van der Waals surface area contributed by atoms with Gasteiger partial charge in [-0.2, -0.15) is 0 Å². The summed E-state index contributed by atoms with van der Waals surface area (Å²) >= 11 is 8.39. The van der Waals surface area contributed by atoms with Crippen LogP contribution >= 0.6 is 31.9 Å². The molecule has 3 aliphatic carbocycles. The van der Waals surface area contributed by atoms with Gasteiger partial charge in [0, 0.05) is 25.2 Å². The normalized spacial score (nSPS) is 15.3. The van der Waals surface area contributed by atoms with Gasteiger partial charge in [0.15, 0.2) is 0 Å². The monoisotopic (exact) mass is 1070 g/mol. The first-order valence-corrected chi connectivity index (χ1v) is 31.1. The molecule has 0 unspecified atom stereocenters. The Morgan fingerprint density at radius 2 is 0.592 bits per heavy atom. The van der Waals surface area contributed by atoms with Crippen LogP contribution in [-0.2, 0) is 16.2 Å². The second-order valence-corrected chi connectivity index (χ2v) is 25.1. The first kappa shape index (κ1) is 52.7. The number of unbranched alkanes of at least 4 members (excludes halogenated alkanes) is 20. The Kier molecular flexibility index (Phi) is 17.5. The molecule has 3 aliphatic rings. The Labute approximate surface area is 448 Å². The van der Waals surface area contributed by atoms with E-state index < -0.39 is 0 Å². The van der Waals surface area contributed by atoms with Crippen LogP contribution < -0.4 is 0 Å². The molecular formula is C69H88Br2. The van der Waals surface area contributed by atoms with Gasteiger partial charge in [0.2, 0.25) is 0 Å². The van der Waals surface area contributed by atoms with Gasteiger partial charge in [0.1, 0.15) is 0 Å². The van der Waals surface area contributed by atoms with Crippen LogP contribution in [0.3, 0.4) is 0 Å². The number of fused-ring (bicyclic) bond motifs is 13. The molecule has 0 N–H and O–H groups in total. The van der Waals surface area contributed by atoms with Crippen LogP contribution in [0.1, 0.15) is 255 Å². The number of halogens is 2. The smallest absolute Gasteiger partial charge is 0.0257 e. The summed E-state index contributed by atoms with van der Waals surface area (Å²) in [7, 11) is 0. The third kappa shape index (κ3) is 10.1. The molecule has 0 saturated carbocycles. The van der Waals surface area contributed by atoms with Crippen molar-refractivity contribution in [1.82, 2.24) is 0 Å². The molecule has 0 atom stereocenters. The molecule has 0 amide bonds. The lowest BCUT2D eigenvalue weighted by molar-refractivity contribution is 0.397. The zero-order chi connectivity index (χ0) is 49.6. The number of rotatable bonds is 28. The van der Waals surface area contributed by atoms with Gasteiger partial charge < -0.3 is 0 Å². The average molecular weight is 1080 g/mol. The Morgan fingerprint density at radius 1 is 0.310 bits per heavy atom. The highest BCUT2D eigenvalue weighted by Gasteiger charge is 2.49. The highest BCUT2D eigenvalue weighted by Crippen LogP contribution is 2.64. The second-order valence-electron chi connectivity index (χ2n) is 23.4. The Bertz CT molecular complexity index is 2560. The highest BCUT2D eigenvalue weighted by molar-refractivity contribution is 9.11. The minimum Gasteiger partial charge on any atom is -0.0654 e. The predicted octanol–water partition coefficient (Wildman–Crippen LogP) is 23.4. The largest absolute Gasteiger partial charge is 0.0654 e. The fourth-order valence-electron chi connectivity index (χ4n) is 14.5. The van der Waals surface area contributed by atoms with Crippen molar-refractivity contribution in [2.75, 3.05) is 0 Å². The number of hydrogen-bond acceptors (Lipinski definition) is 0. The fourth-order valence-corrected chi connectivity index (χ4v) is 15.6. The summed E-state index contributed by atoms with van der Waals surface area (Å²) < 4.78 is 2.52. The van der Waals surface area contributed by atoms with Crippen molar-refractivity contribution in [3.63, 3.8) is 0 Å². The van der Waals surface area contributed by atoms with Crippen molar-refractivity contribution in [2.45, 2.75) is 238 Å². The highest BCUT2D eigenvalue weighted by atomic mass is 79.9. The Balaban J connectivity index is 1.23. The summed E-state index contributed by atoms with van der Waals surface area (Å²) in [5, 5.41) is 5.52. The number of hydrogen-bond donors (Lipinski definition) is 0. The van der Waals surface area contributed by atoms with E-state index in [1.54, 1.807) is 22.3 Å². The van der Waals surface area contributed by atoms with Crippen LogP contribution in [0.25, 0.3) is 54.9 Å². The van der Waals surface area contributed by atoms with Crippen LogP contribution in [-0.4, -0.2) is 0 Å². The van der Waals surface area contributed by atoms with Crippen molar-refractivity contribution in [3.05, 3.63) is 127 Å². The predicted molar refractivity (Wildman–Crippen MR) is 319 cm³/mol. The Morgan fingerprint density at radius 3 is 0.915 bits per heavy atom. The first-order valence-electron chi connectivity index (χ1n) is 29.5. The van der Waals surface area contributed by atoms with Gasteiger partial charge in [-0.05, 0) is 150 Å². The molecule has 71 heavy (non-hydrogen) atoms. The van der Waals surface area contributed by atoms with Crippen LogP contribution in [0.15, 0.2) is 93.9 Å². The van der Waals surface area contributed by atoms with Crippen molar-refractivity contribution >= 4 is 53.4 Å². The average Bonchev–Trinajstić information content (AvgIpc) is 3.89. The van der Waals surface area contributed by atoms with Crippen molar-refractivity contribution in [1.29, 1.82) is 0 Å². The third-order valence-corrected chi connectivity index (χ3v) is 19.7. The molecule has 0 aliphatic heterocycles. The van der Waals surface area contributed by atoms with Gasteiger partial charge in [-0.1, -0.05) is 276 Å². The molecule has 0 saturated heterocycles.